The van der Waals surface area contributed by atoms with Crippen molar-refractivity contribution >= 4 is 6.09 Å². The molecule has 0 bridgehead atoms. The van der Waals surface area contributed by atoms with Crippen LogP contribution in [0, 0.1) is 6.92 Å². The van der Waals surface area contributed by atoms with Gasteiger partial charge in [-0.15, -0.1) is 0 Å². The summed E-state index contributed by atoms with van der Waals surface area (Å²) in [6.07, 6.45) is 1.56. The van der Waals surface area contributed by atoms with E-state index in [-0.39, 0.29) is 18.2 Å². The fourth-order valence-electron chi connectivity index (χ4n) is 3.05. The molecule has 4 heteroatoms. The number of nitrogens with zero attached hydrogens (tertiary/aromatic N) is 1. The van der Waals surface area contributed by atoms with Gasteiger partial charge in [-0.3, -0.25) is 0 Å². The Balaban J connectivity index is 2.21. The van der Waals surface area contributed by atoms with Crippen LogP contribution in [0.1, 0.15) is 50.8 Å². The third kappa shape index (κ3) is 3.80. The van der Waals surface area contributed by atoms with E-state index >= 15 is 0 Å². The number of hydrogen-bond donors (Lipinski definition) is 0. The zero-order valence-electron chi connectivity index (χ0n) is 14.3. The Hall–Kier alpha value is -1.55. The summed E-state index contributed by atoms with van der Waals surface area (Å²) in [7, 11) is 1.71. The van der Waals surface area contributed by atoms with Crippen molar-refractivity contribution < 1.29 is 14.3 Å². The number of rotatable bonds is 3. The Bertz CT molecular complexity index is 521. The van der Waals surface area contributed by atoms with Gasteiger partial charge in [0.05, 0.1) is 6.04 Å². The topological polar surface area (TPSA) is 38.8 Å². The van der Waals surface area contributed by atoms with Gasteiger partial charge in [-0.25, -0.2) is 4.79 Å². The minimum absolute atomic E-state index is 0.0287. The SMILES string of the molecule is COC(c1ccccc1C)C1CCCN1C(=O)OC(C)(C)C. The lowest BCUT2D eigenvalue weighted by Crippen LogP contribution is -2.42. The van der Waals surface area contributed by atoms with Crippen molar-refractivity contribution in [3.8, 4) is 0 Å². The molecule has 122 valence electrons. The van der Waals surface area contributed by atoms with Gasteiger partial charge in [0.1, 0.15) is 11.7 Å². The van der Waals surface area contributed by atoms with Crippen LogP contribution in [0.2, 0.25) is 0 Å². The summed E-state index contributed by atoms with van der Waals surface area (Å²) in [6, 6.07) is 8.22. The van der Waals surface area contributed by atoms with Crippen molar-refractivity contribution in [3.63, 3.8) is 0 Å². The molecule has 1 aliphatic rings. The fourth-order valence-corrected chi connectivity index (χ4v) is 3.05. The van der Waals surface area contributed by atoms with Crippen LogP contribution >= 0.6 is 0 Å². The third-order valence-corrected chi connectivity index (χ3v) is 4.03. The van der Waals surface area contributed by atoms with E-state index in [2.05, 4.69) is 19.1 Å². The number of benzene rings is 1. The molecule has 1 aromatic carbocycles. The first-order chi connectivity index (χ1) is 10.3. The van der Waals surface area contributed by atoms with Crippen LogP contribution in [0.3, 0.4) is 0 Å². The van der Waals surface area contributed by atoms with E-state index in [0.29, 0.717) is 0 Å². The number of aryl methyl sites for hydroxylation is 1. The minimum atomic E-state index is -0.477. The second kappa shape index (κ2) is 6.69. The normalized spacial score (nSPS) is 20.0. The molecular weight excluding hydrogens is 278 g/mol. The second-order valence-corrected chi connectivity index (χ2v) is 6.90. The Morgan fingerprint density at radius 1 is 1.32 bits per heavy atom. The van der Waals surface area contributed by atoms with E-state index in [0.717, 1.165) is 24.9 Å². The van der Waals surface area contributed by atoms with Gasteiger partial charge in [-0.05, 0) is 51.7 Å². The molecule has 1 fully saturated rings. The Kier molecular flexibility index (Phi) is 5.12. The van der Waals surface area contributed by atoms with E-state index in [9.17, 15) is 4.79 Å². The molecule has 22 heavy (non-hydrogen) atoms. The molecule has 2 rings (SSSR count). The highest BCUT2D eigenvalue weighted by atomic mass is 16.6. The van der Waals surface area contributed by atoms with E-state index < -0.39 is 5.60 Å². The van der Waals surface area contributed by atoms with E-state index in [4.69, 9.17) is 9.47 Å². The average molecular weight is 305 g/mol. The maximum absolute atomic E-state index is 12.5. The highest BCUT2D eigenvalue weighted by Gasteiger charge is 2.38. The zero-order valence-corrected chi connectivity index (χ0v) is 14.3. The van der Waals surface area contributed by atoms with Crippen LogP contribution in [-0.4, -0.2) is 36.3 Å². The number of carbonyl (C=O) groups is 1. The molecule has 1 amide bonds. The second-order valence-electron chi connectivity index (χ2n) is 6.90. The maximum Gasteiger partial charge on any atom is 0.410 e. The van der Waals surface area contributed by atoms with Gasteiger partial charge in [0, 0.05) is 13.7 Å². The standard InChI is InChI=1S/C18H27NO3/c1-13-9-6-7-10-14(13)16(21-5)15-11-8-12-19(15)17(20)22-18(2,3)4/h6-7,9-10,15-16H,8,11-12H2,1-5H3. The largest absolute Gasteiger partial charge is 0.444 e. The van der Waals surface area contributed by atoms with Gasteiger partial charge >= 0.3 is 6.09 Å². The monoisotopic (exact) mass is 305 g/mol. The molecule has 0 N–H and O–H groups in total. The van der Waals surface area contributed by atoms with Gasteiger partial charge < -0.3 is 14.4 Å². The van der Waals surface area contributed by atoms with E-state index in [1.807, 2.05) is 37.8 Å². The van der Waals surface area contributed by atoms with E-state index in [1.165, 1.54) is 5.56 Å². The summed E-state index contributed by atoms with van der Waals surface area (Å²) < 4.78 is 11.3. The maximum atomic E-state index is 12.5. The molecule has 1 heterocycles. The van der Waals surface area contributed by atoms with Crippen molar-refractivity contribution in [2.75, 3.05) is 13.7 Å². The summed E-state index contributed by atoms with van der Waals surface area (Å²) in [6.45, 7) is 8.49. The van der Waals surface area contributed by atoms with Crippen molar-refractivity contribution in [2.24, 2.45) is 0 Å². The summed E-state index contributed by atoms with van der Waals surface area (Å²) >= 11 is 0. The van der Waals surface area contributed by atoms with Crippen molar-refractivity contribution in [3.05, 3.63) is 35.4 Å². The minimum Gasteiger partial charge on any atom is -0.444 e. The Morgan fingerprint density at radius 2 is 2.00 bits per heavy atom. The lowest BCUT2D eigenvalue weighted by molar-refractivity contribution is -0.00609. The van der Waals surface area contributed by atoms with E-state index in [1.54, 1.807) is 7.11 Å². The molecule has 0 aliphatic carbocycles. The van der Waals surface area contributed by atoms with Crippen LogP contribution in [0.5, 0.6) is 0 Å². The smallest absolute Gasteiger partial charge is 0.410 e. The number of ether oxygens (including phenoxy) is 2. The van der Waals surface area contributed by atoms with Crippen LogP contribution < -0.4 is 0 Å². The number of likely N-dealkylation sites (tertiary alicyclic amines) is 1. The first-order valence-corrected chi connectivity index (χ1v) is 7.91. The summed E-state index contributed by atoms with van der Waals surface area (Å²) in [5, 5.41) is 0. The van der Waals surface area contributed by atoms with Gasteiger partial charge in [0.15, 0.2) is 0 Å². The number of amides is 1. The predicted molar refractivity (Wildman–Crippen MR) is 86.9 cm³/mol. The first kappa shape index (κ1) is 16.8. The predicted octanol–water partition coefficient (Wildman–Crippen LogP) is 4.08. The van der Waals surface area contributed by atoms with Gasteiger partial charge in [-0.2, -0.15) is 0 Å². The molecule has 1 saturated heterocycles. The van der Waals surface area contributed by atoms with Crippen LogP contribution in [0.15, 0.2) is 24.3 Å². The summed E-state index contributed by atoms with van der Waals surface area (Å²) in [5.74, 6) is 0. The van der Waals surface area contributed by atoms with Gasteiger partial charge in [0.25, 0.3) is 0 Å². The molecule has 1 aromatic rings. The highest BCUT2D eigenvalue weighted by molar-refractivity contribution is 5.69. The molecule has 0 spiro atoms. The average Bonchev–Trinajstić information content (AvgIpc) is 2.89. The molecule has 4 nitrogen and oxygen atoms in total. The molecule has 0 aromatic heterocycles. The van der Waals surface area contributed by atoms with Crippen molar-refractivity contribution in [1.82, 2.24) is 4.90 Å². The molecule has 2 unspecified atom stereocenters. The van der Waals surface area contributed by atoms with Crippen LogP contribution in [-0.2, 0) is 9.47 Å². The molecule has 1 aliphatic heterocycles. The van der Waals surface area contributed by atoms with Gasteiger partial charge in [0.2, 0.25) is 0 Å². The van der Waals surface area contributed by atoms with Crippen molar-refractivity contribution in [1.29, 1.82) is 0 Å². The lowest BCUT2D eigenvalue weighted by atomic mass is 9.96. The first-order valence-electron chi connectivity index (χ1n) is 7.91. The number of hydrogen-bond acceptors (Lipinski definition) is 3. The number of methoxy groups -OCH3 is 1. The van der Waals surface area contributed by atoms with Crippen LogP contribution in [0.4, 0.5) is 4.79 Å². The van der Waals surface area contributed by atoms with Crippen LogP contribution in [0.25, 0.3) is 0 Å². The fraction of sp³-hybridized carbons (Fsp3) is 0.611. The summed E-state index contributed by atoms with van der Waals surface area (Å²) in [5.41, 5.74) is 1.85. The molecule has 0 saturated carbocycles. The van der Waals surface area contributed by atoms with Gasteiger partial charge in [-0.1, -0.05) is 24.3 Å². The Morgan fingerprint density at radius 3 is 2.59 bits per heavy atom. The zero-order chi connectivity index (χ0) is 16.3. The Labute approximate surface area is 133 Å². The van der Waals surface area contributed by atoms with Crippen molar-refractivity contribution in [2.45, 2.75) is 58.3 Å². The molecule has 0 radical (unpaired) electrons. The molecular formula is C18H27NO3. The number of carbonyl (C=O) groups excluding carboxylic acids is 1. The third-order valence-electron chi connectivity index (χ3n) is 4.03. The molecule has 2 atom stereocenters. The quantitative estimate of drug-likeness (QED) is 0.844. The lowest BCUT2D eigenvalue weighted by Gasteiger charge is -2.33. The highest BCUT2D eigenvalue weighted by Crippen LogP contribution is 2.34. The summed E-state index contributed by atoms with van der Waals surface area (Å²) in [4.78, 5) is 14.3.